The molecular formula is C21H28O4. The predicted molar refractivity (Wildman–Crippen MR) is 99.8 cm³/mol. The number of hydrogen-bond acceptors (Lipinski definition) is 4. The van der Waals surface area contributed by atoms with Crippen molar-refractivity contribution in [3.8, 4) is 17.2 Å². The molecule has 0 aliphatic heterocycles. The molecule has 1 unspecified atom stereocenters. The molecule has 1 N–H and O–H groups in total. The third-order valence-corrected chi connectivity index (χ3v) is 2.71. The average molecular weight is 364 g/mol. The Morgan fingerprint density at radius 1 is 1.12 bits per heavy atom. The second-order valence-corrected chi connectivity index (χ2v) is 4.57. The summed E-state index contributed by atoms with van der Waals surface area (Å²) in [4.78, 5) is 0. The highest BCUT2D eigenvalue weighted by Crippen LogP contribution is 2.28. The van der Waals surface area contributed by atoms with Crippen LogP contribution in [0.4, 0.5) is 0 Å². The molecule has 0 aliphatic rings. The summed E-state index contributed by atoms with van der Waals surface area (Å²) in [6.45, 7) is -2.14. The summed E-state index contributed by atoms with van der Waals surface area (Å²) < 4.78 is 164. The van der Waals surface area contributed by atoms with Crippen molar-refractivity contribution in [1.29, 1.82) is 0 Å². The standard InChI is InChI=1S/C21H28O4/c1-16-7-6-10-19(13-16)25-15-18(22)9-5-4-8-17-11-12-20(23-2)21(14-17)24-3/h6-7,10-14,18,22H,4-5,8-9,15H2,1-3H3/i2D3,3D3,6D,7D,8D2,9D2,10D,11D,12D,13D,14D,15D2. The van der Waals surface area contributed by atoms with E-state index < -0.39 is 117 Å². The Bertz CT molecular complexity index is 1370. The number of aliphatic hydroxyl groups is 1. The van der Waals surface area contributed by atoms with Crippen LogP contribution in [0.3, 0.4) is 0 Å². The van der Waals surface area contributed by atoms with Crippen LogP contribution in [0, 0.1) is 6.92 Å². The second kappa shape index (κ2) is 9.94. The van der Waals surface area contributed by atoms with E-state index in [4.69, 9.17) is 30.8 Å². The fourth-order valence-electron chi connectivity index (χ4n) is 1.63. The van der Waals surface area contributed by atoms with Crippen molar-refractivity contribution in [2.75, 3.05) is 20.6 Å². The van der Waals surface area contributed by atoms with E-state index in [0.29, 0.717) is 0 Å². The molecule has 0 aliphatic carbocycles. The molecule has 0 fully saturated rings. The fourth-order valence-corrected chi connectivity index (χ4v) is 1.63. The maximum Gasteiger partial charge on any atom is 0.160 e. The molecule has 2 aromatic carbocycles. The lowest BCUT2D eigenvalue weighted by Gasteiger charge is -2.13. The van der Waals surface area contributed by atoms with E-state index in [9.17, 15) is 5.11 Å². The summed E-state index contributed by atoms with van der Waals surface area (Å²) in [5.74, 6) is -3.17. The molecule has 2 aromatic rings. The summed E-state index contributed by atoms with van der Waals surface area (Å²) in [5, 5.41) is 10.6. The van der Waals surface area contributed by atoms with Gasteiger partial charge in [0, 0.05) is 5.48 Å². The number of hydrogen-bond donors (Lipinski definition) is 1. The Hall–Kier alpha value is -2.20. The van der Waals surface area contributed by atoms with Crippen molar-refractivity contribution in [2.24, 2.45) is 0 Å². The van der Waals surface area contributed by atoms with E-state index in [1.54, 1.807) is 0 Å². The first-order chi connectivity index (χ1) is 19.6. The van der Waals surface area contributed by atoms with Gasteiger partial charge in [-0.25, -0.2) is 0 Å². The van der Waals surface area contributed by atoms with Crippen LogP contribution in [0.2, 0.25) is 0 Å². The van der Waals surface area contributed by atoms with Crippen LogP contribution in [0.25, 0.3) is 0 Å². The summed E-state index contributed by atoms with van der Waals surface area (Å²) >= 11 is 0. The summed E-state index contributed by atoms with van der Waals surface area (Å²) in [5.41, 5.74) is -1.15. The van der Waals surface area contributed by atoms with Crippen molar-refractivity contribution in [1.82, 2.24) is 0 Å². The highest BCUT2D eigenvalue weighted by molar-refractivity contribution is 5.42. The molecule has 4 nitrogen and oxygen atoms in total. The lowest BCUT2D eigenvalue weighted by atomic mass is 10.0. The van der Waals surface area contributed by atoms with Gasteiger partial charge < -0.3 is 19.3 Å². The van der Waals surface area contributed by atoms with Gasteiger partial charge in [-0.1, -0.05) is 24.5 Å². The molecule has 136 valence electrons. The largest absolute Gasteiger partial charge is 0.493 e. The van der Waals surface area contributed by atoms with E-state index >= 15 is 0 Å². The predicted octanol–water partition coefficient (Wildman–Crippen LogP) is 4.16. The normalized spacial score (nSPS) is 25.6. The van der Waals surface area contributed by atoms with Crippen molar-refractivity contribution in [3.05, 3.63) is 53.4 Å². The van der Waals surface area contributed by atoms with Crippen molar-refractivity contribution in [2.45, 2.75) is 38.6 Å². The van der Waals surface area contributed by atoms with Crippen LogP contribution in [0.1, 0.15) is 56.4 Å². The van der Waals surface area contributed by atoms with Crippen LogP contribution in [0.15, 0.2) is 42.3 Å². The Morgan fingerprint density at radius 3 is 2.80 bits per heavy atom. The molecule has 0 radical (unpaired) electrons. The Balaban J connectivity index is 2.49. The Labute approximate surface area is 177 Å². The molecular weight excluding hydrogens is 316 g/mol. The minimum atomic E-state index is -3.38. The topological polar surface area (TPSA) is 47.9 Å². The second-order valence-electron chi connectivity index (χ2n) is 4.57. The van der Waals surface area contributed by atoms with Gasteiger partial charge in [0.1, 0.15) is 12.3 Å². The van der Waals surface area contributed by atoms with Gasteiger partial charge in [-0.15, -0.1) is 0 Å². The third-order valence-electron chi connectivity index (χ3n) is 2.71. The van der Waals surface area contributed by atoms with Crippen molar-refractivity contribution >= 4 is 0 Å². The number of aliphatic hydroxyl groups excluding tert-OH is 1. The third kappa shape index (κ3) is 6.31. The molecule has 0 spiro atoms. The van der Waals surface area contributed by atoms with Crippen LogP contribution in [0.5, 0.6) is 17.2 Å². The lowest BCUT2D eigenvalue weighted by Crippen LogP contribution is -2.17. The minimum absolute atomic E-state index is 0.147. The number of rotatable bonds is 10. The zero-order valence-electron chi connectivity index (χ0n) is 32.2. The summed E-state index contributed by atoms with van der Waals surface area (Å²) in [6, 6.07) is -6.16. The zero-order chi connectivity index (χ0) is 34.5. The SMILES string of the molecule is [2H]c1c([2H])c(C)c([2H])c(OC([2H])([2H])C(O)C([2H])([2H])CCC([2H])([2H])c2c([2H])c([2H])c(OC([2H])([2H])[2H])c(OC([2H])([2H])[2H])c2[2H])c1[2H]. The quantitative estimate of drug-likeness (QED) is 0.688. The first-order valence-electron chi connectivity index (χ1n) is 16.5. The monoisotopic (exact) mass is 363 g/mol. The van der Waals surface area contributed by atoms with E-state index in [2.05, 4.69) is 9.47 Å². The average Bonchev–Trinajstić information content (AvgIpc) is 2.86. The highest BCUT2D eigenvalue weighted by Gasteiger charge is 2.07. The van der Waals surface area contributed by atoms with Gasteiger partial charge in [-0.05, 0) is 61.4 Å². The molecule has 0 saturated carbocycles. The molecule has 0 bridgehead atoms. The summed E-state index contributed by atoms with van der Waals surface area (Å²) in [7, 11) is -6.63. The maximum absolute atomic E-state index is 10.6. The number of ether oxygens (including phenoxy) is 3. The minimum Gasteiger partial charge on any atom is -0.493 e. The Kier molecular flexibility index (Phi) is 2.35. The van der Waals surface area contributed by atoms with E-state index in [0.717, 1.165) is 0 Å². The fraction of sp³-hybridized carbons (Fsp3) is 0.429. The van der Waals surface area contributed by atoms with Crippen LogP contribution in [-0.2, 0) is 6.37 Å². The van der Waals surface area contributed by atoms with Crippen molar-refractivity contribution in [3.63, 3.8) is 0 Å². The van der Waals surface area contributed by atoms with Gasteiger partial charge in [0.15, 0.2) is 11.5 Å². The molecule has 1 atom stereocenters. The van der Waals surface area contributed by atoms with E-state index in [1.807, 2.05) is 0 Å². The van der Waals surface area contributed by atoms with Crippen LogP contribution in [-0.4, -0.2) is 31.8 Å². The molecule has 4 heteroatoms. The van der Waals surface area contributed by atoms with Crippen LogP contribution >= 0.6 is 0 Å². The van der Waals surface area contributed by atoms with Gasteiger partial charge in [-0.3, -0.25) is 0 Å². The van der Waals surface area contributed by atoms with Gasteiger partial charge in [0.25, 0.3) is 0 Å². The van der Waals surface area contributed by atoms with Gasteiger partial charge in [0.2, 0.25) is 0 Å². The van der Waals surface area contributed by atoms with Crippen LogP contribution < -0.4 is 14.2 Å². The van der Waals surface area contributed by atoms with Gasteiger partial charge in [-0.2, -0.15) is 0 Å². The maximum atomic E-state index is 10.6. The number of benzene rings is 2. The van der Waals surface area contributed by atoms with Crippen molar-refractivity contribution < 1.29 is 45.4 Å². The van der Waals surface area contributed by atoms with Gasteiger partial charge >= 0.3 is 0 Å². The Morgan fingerprint density at radius 2 is 1.96 bits per heavy atom. The molecule has 25 heavy (non-hydrogen) atoms. The smallest absolute Gasteiger partial charge is 0.160 e. The highest BCUT2D eigenvalue weighted by atomic mass is 16.5. The molecule has 0 heterocycles. The first-order valence-corrected chi connectivity index (χ1v) is 7.02. The molecule has 2 rings (SSSR count). The van der Waals surface area contributed by atoms with Gasteiger partial charge in [0.05, 0.1) is 40.7 Å². The lowest BCUT2D eigenvalue weighted by molar-refractivity contribution is 0.0976. The van der Waals surface area contributed by atoms with E-state index in [1.165, 1.54) is 6.92 Å². The molecule has 0 saturated heterocycles. The van der Waals surface area contributed by atoms with E-state index in [-0.39, 0.29) is 5.56 Å². The molecule has 0 aromatic heterocycles. The first kappa shape index (κ1) is 5.92. The molecule has 0 amide bonds. The summed E-state index contributed by atoms with van der Waals surface area (Å²) in [6.07, 6.45) is -10.8. The number of methoxy groups -OCH3 is 2. The zero-order valence-corrected chi connectivity index (χ0v) is 13.2.